The first kappa shape index (κ1) is 15.2. The Morgan fingerprint density at radius 3 is 3.12 bits per heavy atom. The molecule has 24 heavy (non-hydrogen) atoms. The van der Waals surface area contributed by atoms with Gasteiger partial charge in [-0.05, 0) is 38.0 Å². The van der Waals surface area contributed by atoms with Crippen molar-refractivity contribution >= 4 is 34.1 Å². The van der Waals surface area contributed by atoms with Crippen molar-refractivity contribution in [1.29, 1.82) is 0 Å². The van der Waals surface area contributed by atoms with Gasteiger partial charge in [0.15, 0.2) is 0 Å². The number of nitrogens with one attached hydrogen (secondary N) is 2. The van der Waals surface area contributed by atoms with Crippen LogP contribution in [0.3, 0.4) is 0 Å². The maximum Gasteiger partial charge on any atom is 0.226 e. The van der Waals surface area contributed by atoms with Gasteiger partial charge in [-0.1, -0.05) is 11.6 Å². The second kappa shape index (κ2) is 6.28. The van der Waals surface area contributed by atoms with E-state index in [0.29, 0.717) is 17.1 Å². The van der Waals surface area contributed by atoms with Crippen molar-refractivity contribution in [3.05, 3.63) is 41.3 Å². The zero-order valence-corrected chi connectivity index (χ0v) is 14.2. The van der Waals surface area contributed by atoms with Crippen LogP contribution >= 0.6 is 11.6 Å². The number of aromatic amines is 1. The number of H-pyrrole nitrogens is 1. The van der Waals surface area contributed by atoms with Gasteiger partial charge in [0.05, 0.1) is 11.7 Å². The van der Waals surface area contributed by atoms with Gasteiger partial charge in [0.25, 0.3) is 0 Å². The van der Waals surface area contributed by atoms with Crippen molar-refractivity contribution in [2.75, 3.05) is 23.3 Å². The van der Waals surface area contributed by atoms with E-state index < -0.39 is 0 Å². The number of piperidine rings is 1. The highest BCUT2D eigenvalue weighted by molar-refractivity contribution is 6.30. The predicted octanol–water partition coefficient (Wildman–Crippen LogP) is 3.40. The molecule has 1 atom stereocenters. The summed E-state index contributed by atoms with van der Waals surface area (Å²) in [4.78, 5) is 11.0. The van der Waals surface area contributed by atoms with Gasteiger partial charge >= 0.3 is 0 Å². The summed E-state index contributed by atoms with van der Waals surface area (Å²) in [6, 6.07) is 6.61. The molecule has 7 heteroatoms. The first-order valence-electron chi connectivity index (χ1n) is 8.13. The number of anilines is 2. The molecule has 3 aromatic rings. The molecular weight excluding hydrogens is 324 g/mol. The monoisotopic (exact) mass is 342 g/mol. The number of aromatic nitrogens is 4. The molecule has 2 aromatic heterocycles. The van der Waals surface area contributed by atoms with Crippen LogP contribution in [-0.4, -0.2) is 39.3 Å². The van der Waals surface area contributed by atoms with E-state index in [4.69, 9.17) is 11.6 Å². The Balaban J connectivity index is 1.48. The third kappa shape index (κ3) is 3.01. The molecule has 1 aliphatic heterocycles. The van der Waals surface area contributed by atoms with Crippen molar-refractivity contribution in [1.82, 2.24) is 20.2 Å². The Kier molecular flexibility index (Phi) is 3.98. The maximum atomic E-state index is 6.14. The summed E-state index contributed by atoms with van der Waals surface area (Å²) in [7, 11) is 0. The molecule has 1 unspecified atom stereocenters. The lowest BCUT2D eigenvalue weighted by Gasteiger charge is -2.33. The minimum Gasteiger partial charge on any atom is -0.381 e. The first-order chi connectivity index (χ1) is 11.7. The second-order valence-corrected chi connectivity index (χ2v) is 6.60. The molecule has 0 aliphatic carbocycles. The van der Waals surface area contributed by atoms with Crippen molar-refractivity contribution < 1.29 is 0 Å². The van der Waals surface area contributed by atoms with E-state index in [1.54, 1.807) is 6.20 Å². The summed E-state index contributed by atoms with van der Waals surface area (Å²) >= 11 is 6.14. The molecule has 0 bridgehead atoms. The molecule has 1 fully saturated rings. The van der Waals surface area contributed by atoms with Crippen LogP contribution in [0.5, 0.6) is 0 Å². The number of nitrogens with zero attached hydrogens (tertiary/aromatic N) is 4. The van der Waals surface area contributed by atoms with Crippen molar-refractivity contribution in [3.63, 3.8) is 0 Å². The lowest BCUT2D eigenvalue weighted by atomic mass is 10.1. The van der Waals surface area contributed by atoms with Crippen LogP contribution in [0.1, 0.15) is 18.4 Å². The van der Waals surface area contributed by atoms with Crippen LogP contribution in [0.25, 0.3) is 10.9 Å². The van der Waals surface area contributed by atoms with Crippen LogP contribution < -0.4 is 10.2 Å². The van der Waals surface area contributed by atoms with E-state index >= 15 is 0 Å². The SMILES string of the molecule is Cc1cnc(N2CCCC(Nc3ccc4[nH]ncc4c3)C2)nc1Cl. The van der Waals surface area contributed by atoms with E-state index in [-0.39, 0.29) is 0 Å². The molecule has 1 aliphatic rings. The van der Waals surface area contributed by atoms with Gasteiger partial charge in [0, 0.05) is 42.0 Å². The third-order valence-electron chi connectivity index (χ3n) is 4.41. The minimum absolute atomic E-state index is 0.353. The highest BCUT2D eigenvalue weighted by atomic mass is 35.5. The van der Waals surface area contributed by atoms with Gasteiger partial charge in [0.1, 0.15) is 5.15 Å². The number of hydrogen-bond acceptors (Lipinski definition) is 5. The molecule has 0 saturated carbocycles. The first-order valence-corrected chi connectivity index (χ1v) is 8.50. The average molecular weight is 343 g/mol. The Labute approximate surface area is 145 Å². The Morgan fingerprint density at radius 2 is 2.25 bits per heavy atom. The molecule has 1 aromatic carbocycles. The lowest BCUT2D eigenvalue weighted by Crippen LogP contribution is -2.43. The largest absolute Gasteiger partial charge is 0.381 e. The molecule has 2 N–H and O–H groups in total. The molecule has 124 valence electrons. The molecule has 0 radical (unpaired) electrons. The average Bonchev–Trinajstić information content (AvgIpc) is 3.05. The highest BCUT2D eigenvalue weighted by Crippen LogP contribution is 2.23. The number of benzene rings is 1. The molecule has 4 rings (SSSR count). The van der Waals surface area contributed by atoms with Gasteiger partial charge in [-0.3, -0.25) is 5.10 Å². The van der Waals surface area contributed by atoms with Gasteiger partial charge in [0.2, 0.25) is 5.95 Å². The molecule has 1 saturated heterocycles. The van der Waals surface area contributed by atoms with Crippen LogP contribution in [0, 0.1) is 6.92 Å². The van der Waals surface area contributed by atoms with Gasteiger partial charge in [-0.15, -0.1) is 0 Å². The Hall–Kier alpha value is -2.34. The number of fused-ring (bicyclic) bond motifs is 1. The summed E-state index contributed by atoms with van der Waals surface area (Å²) < 4.78 is 0. The standard InChI is InChI=1S/C17H19ClN6/c1-11-8-19-17(22-16(11)18)24-6-2-3-14(10-24)21-13-4-5-15-12(7-13)9-20-23-15/h4-5,7-9,14,21H,2-3,6,10H2,1H3,(H,20,23). The summed E-state index contributed by atoms with van der Waals surface area (Å²) in [6.45, 7) is 3.74. The maximum absolute atomic E-state index is 6.14. The Bertz CT molecular complexity index is 861. The predicted molar refractivity (Wildman–Crippen MR) is 96.7 cm³/mol. The fraction of sp³-hybridized carbons (Fsp3) is 0.353. The molecule has 6 nitrogen and oxygen atoms in total. The molecule has 0 spiro atoms. The van der Waals surface area contributed by atoms with Crippen molar-refractivity contribution in [2.24, 2.45) is 0 Å². The summed E-state index contributed by atoms with van der Waals surface area (Å²) in [6.07, 6.45) is 5.85. The normalized spacial score (nSPS) is 18.1. The number of halogens is 1. The van der Waals surface area contributed by atoms with Gasteiger partial charge in [-0.25, -0.2) is 9.97 Å². The van der Waals surface area contributed by atoms with E-state index in [1.165, 1.54) is 0 Å². The van der Waals surface area contributed by atoms with Crippen molar-refractivity contribution in [3.8, 4) is 0 Å². The van der Waals surface area contributed by atoms with E-state index in [9.17, 15) is 0 Å². The lowest BCUT2D eigenvalue weighted by molar-refractivity contribution is 0.523. The second-order valence-electron chi connectivity index (χ2n) is 6.25. The smallest absolute Gasteiger partial charge is 0.226 e. The minimum atomic E-state index is 0.353. The number of rotatable bonds is 3. The fourth-order valence-electron chi connectivity index (χ4n) is 3.11. The van der Waals surface area contributed by atoms with Crippen LogP contribution in [0.4, 0.5) is 11.6 Å². The van der Waals surface area contributed by atoms with E-state index in [0.717, 1.165) is 48.1 Å². The fourth-order valence-corrected chi connectivity index (χ4v) is 3.23. The van der Waals surface area contributed by atoms with Crippen LogP contribution in [0.15, 0.2) is 30.6 Å². The van der Waals surface area contributed by atoms with E-state index in [2.05, 4.69) is 42.5 Å². The van der Waals surface area contributed by atoms with Gasteiger partial charge < -0.3 is 10.2 Å². The summed E-state index contributed by atoms with van der Waals surface area (Å²) in [5, 5.41) is 12.3. The van der Waals surface area contributed by atoms with Crippen LogP contribution in [0.2, 0.25) is 5.15 Å². The van der Waals surface area contributed by atoms with Gasteiger partial charge in [-0.2, -0.15) is 5.10 Å². The quantitative estimate of drug-likeness (QED) is 0.714. The molecule has 0 amide bonds. The third-order valence-corrected chi connectivity index (χ3v) is 4.80. The zero-order chi connectivity index (χ0) is 16.5. The topological polar surface area (TPSA) is 69.7 Å². The zero-order valence-electron chi connectivity index (χ0n) is 13.5. The Morgan fingerprint density at radius 1 is 1.33 bits per heavy atom. The number of aryl methyl sites for hydroxylation is 1. The molecular formula is C17H19ClN6. The summed E-state index contributed by atoms with van der Waals surface area (Å²) in [5.74, 6) is 0.711. The highest BCUT2D eigenvalue weighted by Gasteiger charge is 2.22. The number of hydrogen-bond donors (Lipinski definition) is 2. The summed E-state index contributed by atoms with van der Waals surface area (Å²) in [5.41, 5.74) is 3.06. The van der Waals surface area contributed by atoms with Crippen molar-refractivity contribution in [2.45, 2.75) is 25.8 Å². The van der Waals surface area contributed by atoms with E-state index in [1.807, 2.05) is 19.2 Å². The van der Waals surface area contributed by atoms with Crippen LogP contribution in [-0.2, 0) is 0 Å². The molecule has 3 heterocycles.